The fourth-order valence-electron chi connectivity index (χ4n) is 3.21. The van der Waals surface area contributed by atoms with Gasteiger partial charge >= 0.3 is 0 Å². The van der Waals surface area contributed by atoms with E-state index in [2.05, 4.69) is 10.2 Å². The van der Waals surface area contributed by atoms with E-state index >= 15 is 0 Å². The summed E-state index contributed by atoms with van der Waals surface area (Å²) >= 11 is 0. The second kappa shape index (κ2) is 8.29. The molecular weight excluding hydrogens is 288 g/mol. The van der Waals surface area contributed by atoms with Gasteiger partial charge in [0.2, 0.25) is 0 Å². The Kier molecular flexibility index (Phi) is 5.86. The van der Waals surface area contributed by atoms with E-state index in [0.29, 0.717) is 0 Å². The maximum Gasteiger partial charge on any atom is 0.117 e. The quantitative estimate of drug-likeness (QED) is 0.825. The average molecular weight is 314 g/mol. The van der Waals surface area contributed by atoms with Gasteiger partial charge in [-0.1, -0.05) is 30.3 Å². The zero-order chi connectivity index (χ0) is 15.9. The van der Waals surface area contributed by atoms with Crippen LogP contribution in [0, 0.1) is 5.92 Å². The first kappa shape index (κ1) is 16.2. The van der Waals surface area contributed by atoms with E-state index in [-0.39, 0.29) is 6.10 Å². The molecule has 3 rings (SSSR count). The summed E-state index contributed by atoms with van der Waals surface area (Å²) in [6, 6.07) is 13.9. The Bertz CT molecular complexity index is 548. The Labute approximate surface area is 138 Å². The molecule has 0 spiro atoms. The molecule has 1 fully saturated rings. The van der Waals surface area contributed by atoms with Crippen molar-refractivity contribution in [2.45, 2.75) is 25.5 Å². The lowest BCUT2D eigenvalue weighted by atomic mass is 9.96. The number of aliphatic hydroxyl groups is 1. The molecule has 0 radical (unpaired) electrons. The number of piperidine rings is 1. The van der Waals surface area contributed by atoms with Crippen LogP contribution >= 0.6 is 0 Å². The molecule has 1 aliphatic heterocycles. The molecule has 2 heterocycles. The van der Waals surface area contributed by atoms with Crippen molar-refractivity contribution >= 4 is 0 Å². The van der Waals surface area contributed by atoms with Gasteiger partial charge < -0.3 is 19.7 Å². The predicted octanol–water partition coefficient (Wildman–Crippen LogP) is 2.81. The van der Waals surface area contributed by atoms with Gasteiger partial charge in [-0.2, -0.15) is 0 Å². The van der Waals surface area contributed by atoms with Crippen molar-refractivity contribution in [1.82, 2.24) is 10.2 Å². The second-order valence-electron chi connectivity index (χ2n) is 6.38. The van der Waals surface area contributed by atoms with Crippen LogP contribution in [0.4, 0.5) is 0 Å². The highest BCUT2D eigenvalue weighted by atomic mass is 16.3. The van der Waals surface area contributed by atoms with E-state index in [1.165, 1.54) is 12.8 Å². The highest BCUT2D eigenvalue weighted by Crippen LogP contribution is 2.20. The number of β-amino-alcohol motifs (C(OH)–C–C–N with tert-alkyl or cyclic N) is 1. The lowest BCUT2D eigenvalue weighted by molar-refractivity contribution is 0.0890. The summed E-state index contributed by atoms with van der Waals surface area (Å²) < 4.78 is 5.33. The third-order valence-corrected chi connectivity index (χ3v) is 4.63. The molecule has 0 amide bonds. The maximum atomic E-state index is 10.3. The zero-order valence-electron chi connectivity index (χ0n) is 13.5. The minimum atomic E-state index is -0.384. The Morgan fingerprint density at radius 3 is 2.61 bits per heavy atom. The highest BCUT2D eigenvalue weighted by Gasteiger charge is 2.21. The first-order valence-electron chi connectivity index (χ1n) is 8.50. The summed E-state index contributed by atoms with van der Waals surface area (Å²) in [5.41, 5.74) is 1.01. The fourth-order valence-corrected chi connectivity index (χ4v) is 3.21. The number of nitrogens with one attached hydrogen (secondary N) is 1. The van der Waals surface area contributed by atoms with Crippen LogP contribution in [0.2, 0.25) is 0 Å². The van der Waals surface area contributed by atoms with Gasteiger partial charge in [-0.25, -0.2) is 0 Å². The third kappa shape index (κ3) is 4.93. The number of hydrogen-bond acceptors (Lipinski definition) is 4. The number of aliphatic hydroxyl groups excluding tert-OH is 1. The molecule has 1 aliphatic rings. The molecule has 2 N–H and O–H groups in total. The van der Waals surface area contributed by atoms with Crippen molar-refractivity contribution in [1.29, 1.82) is 0 Å². The van der Waals surface area contributed by atoms with Gasteiger partial charge in [-0.05, 0) is 56.1 Å². The SMILES string of the molecule is O[C@@H](CN1CCC(CNCc2ccco2)CC1)c1ccccc1. The molecule has 1 atom stereocenters. The van der Waals surface area contributed by atoms with E-state index in [1.807, 2.05) is 42.5 Å². The molecule has 1 aromatic heterocycles. The van der Waals surface area contributed by atoms with E-state index in [0.717, 1.165) is 50.0 Å². The average Bonchev–Trinajstić information content (AvgIpc) is 3.11. The Balaban J connectivity index is 1.35. The van der Waals surface area contributed by atoms with Crippen LogP contribution in [-0.2, 0) is 6.54 Å². The molecule has 0 aliphatic carbocycles. The van der Waals surface area contributed by atoms with E-state index in [1.54, 1.807) is 6.26 Å². The molecule has 2 aromatic rings. The van der Waals surface area contributed by atoms with E-state index in [4.69, 9.17) is 4.42 Å². The Morgan fingerprint density at radius 1 is 1.13 bits per heavy atom. The highest BCUT2D eigenvalue weighted by molar-refractivity contribution is 5.17. The van der Waals surface area contributed by atoms with Gasteiger partial charge in [0, 0.05) is 6.54 Å². The van der Waals surface area contributed by atoms with E-state index in [9.17, 15) is 5.11 Å². The number of benzene rings is 1. The summed E-state index contributed by atoms with van der Waals surface area (Å²) in [6.07, 6.45) is 3.71. The van der Waals surface area contributed by atoms with E-state index < -0.39 is 0 Å². The molecule has 0 unspecified atom stereocenters. The van der Waals surface area contributed by atoms with Gasteiger partial charge in [-0.15, -0.1) is 0 Å². The minimum absolute atomic E-state index is 0.384. The summed E-state index contributed by atoms with van der Waals surface area (Å²) in [7, 11) is 0. The minimum Gasteiger partial charge on any atom is -0.468 e. The molecule has 0 bridgehead atoms. The van der Waals surface area contributed by atoms with Gasteiger partial charge in [0.25, 0.3) is 0 Å². The van der Waals surface area contributed by atoms with Gasteiger partial charge in [0.05, 0.1) is 18.9 Å². The van der Waals surface area contributed by atoms with Gasteiger partial charge in [0.1, 0.15) is 5.76 Å². The number of hydrogen-bond donors (Lipinski definition) is 2. The predicted molar refractivity (Wildman–Crippen MR) is 91.0 cm³/mol. The first-order valence-corrected chi connectivity index (χ1v) is 8.50. The maximum absolute atomic E-state index is 10.3. The van der Waals surface area contributed by atoms with Crippen LogP contribution in [-0.4, -0.2) is 36.2 Å². The number of furan rings is 1. The normalized spacial score (nSPS) is 18.1. The Morgan fingerprint density at radius 2 is 1.91 bits per heavy atom. The van der Waals surface area contributed by atoms with Gasteiger partial charge in [0.15, 0.2) is 0 Å². The topological polar surface area (TPSA) is 48.6 Å². The summed E-state index contributed by atoms with van der Waals surface area (Å²) in [6.45, 7) is 4.71. The van der Waals surface area contributed by atoms with Crippen molar-refractivity contribution in [3.05, 3.63) is 60.1 Å². The monoisotopic (exact) mass is 314 g/mol. The van der Waals surface area contributed by atoms with Crippen LogP contribution in [0.25, 0.3) is 0 Å². The second-order valence-corrected chi connectivity index (χ2v) is 6.38. The van der Waals surface area contributed by atoms with Crippen molar-refractivity contribution in [2.24, 2.45) is 5.92 Å². The van der Waals surface area contributed by atoms with Crippen molar-refractivity contribution in [3.8, 4) is 0 Å². The zero-order valence-corrected chi connectivity index (χ0v) is 13.5. The van der Waals surface area contributed by atoms with Crippen LogP contribution in [0.5, 0.6) is 0 Å². The molecule has 124 valence electrons. The van der Waals surface area contributed by atoms with Crippen molar-refractivity contribution in [3.63, 3.8) is 0 Å². The molecule has 0 saturated carbocycles. The summed E-state index contributed by atoms with van der Waals surface area (Å²) in [5, 5.41) is 13.8. The molecular formula is C19H26N2O2. The van der Waals surface area contributed by atoms with Crippen LogP contribution in [0.1, 0.15) is 30.3 Å². The lowest BCUT2D eigenvalue weighted by Crippen LogP contribution is -2.39. The number of nitrogens with zero attached hydrogens (tertiary/aromatic N) is 1. The van der Waals surface area contributed by atoms with Crippen LogP contribution < -0.4 is 5.32 Å². The molecule has 4 nitrogen and oxygen atoms in total. The smallest absolute Gasteiger partial charge is 0.117 e. The van der Waals surface area contributed by atoms with Crippen molar-refractivity contribution < 1.29 is 9.52 Å². The standard InChI is InChI=1S/C19H26N2O2/c22-19(17-5-2-1-3-6-17)15-21-10-8-16(9-11-21)13-20-14-18-7-4-12-23-18/h1-7,12,16,19-20,22H,8-11,13-15H2/t19-/m0/s1. The molecule has 1 aromatic carbocycles. The van der Waals surface area contributed by atoms with Crippen molar-refractivity contribution in [2.75, 3.05) is 26.2 Å². The lowest BCUT2D eigenvalue weighted by Gasteiger charge is -2.33. The molecule has 23 heavy (non-hydrogen) atoms. The summed E-state index contributed by atoms with van der Waals surface area (Å²) in [4.78, 5) is 2.38. The third-order valence-electron chi connectivity index (χ3n) is 4.63. The molecule has 4 heteroatoms. The first-order chi connectivity index (χ1) is 11.3. The van der Waals surface area contributed by atoms with Gasteiger partial charge in [-0.3, -0.25) is 0 Å². The largest absolute Gasteiger partial charge is 0.468 e. The number of likely N-dealkylation sites (tertiary alicyclic amines) is 1. The van der Waals surface area contributed by atoms with Crippen LogP contribution in [0.15, 0.2) is 53.1 Å². The Hall–Kier alpha value is -1.62. The van der Waals surface area contributed by atoms with Crippen LogP contribution in [0.3, 0.4) is 0 Å². The fraction of sp³-hybridized carbons (Fsp3) is 0.474. The molecule has 1 saturated heterocycles. The summed E-state index contributed by atoms with van der Waals surface area (Å²) in [5.74, 6) is 1.71. The number of rotatable bonds is 7.